The zero-order valence-corrected chi connectivity index (χ0v) is 10.1. The van der Waals surface area contributed by atoms with Gasteiger partial charge in [-0.1, -0.05) is 12.1 Å². The van der Waals surface area contributed by atoms with Crippen LogP contribution in [0.15, 0.2) is 24.3 Å². The van der Waals surface area contributed by atoms with E-state index in [1.54, 1.807) is 24.3 Å². The third-order valence-corrected chi connectivity index (χ3v) is 3.32. The molecule has 18 heavy (non-hydrogen) atoms. The van der Waals surface area contributed by atoms with Gasteiger partial charge in [-0.3, -0.25) is 0 Å². The van der Waals surface area contributed by atoms with Crippen molar-refractivity contribution in [3.63, 3.8) is 0 Å². The molecule has 1 aromatic rings. The van der Waals surface area contributed by atoms with Crippen LogP contribution in [0.25, 0.3) is 0 Å². The predicted molar refractivity (Wildman–Crippen MR) is 65.2 cm³/mol. The highest BCUT2D eigenvalue weighted by Crippen LogP contribution is 2.34. The number of nitrogens with zero attached hydrogens (tertiary/aromatic N) is 1. The lowest BCUT2D eigenvalue weighted by molar-refractivity contribution is -0.154. The number of aliphatic carboxylic acids is 1. The van der Waals surface area contributed by atoms with E-state index >= 15 is 0 Å². The Hall–Kier alpha value is -2.02. The third-order valence-electron chi connectivity index (χ3n) is 3.32. The van der Waals surface area contributed by atoms with Crippen molar-refractivity contribution in [2.45, 2.75) is 37.7 Å². The van der Waals surface area contributed by atoms with E-state index in [0.29, 0.717) is 25.0 Å². The number of rotatable bonds is 4. The van der Waals surface area contributed by atoms with Crippen LogP contribution in [0.1, 0.15) is 31.2 Å². The highest BCUT2D eigenvalue weighted by Gasteiger charge is 2.43. The summed E-state index contributed by atoms with van der Waals surface area (Å²) in [5.74, 6) is -0.331. The van der Waals surface area contributed by atoms with Crippen molar-refractivity contribution >= 4 is 5.97 Å². The Bertz CT molecular complexity index is 467. The average molecular weight is 245 g/mol. The molecule has 1 fully saturated rings. The van der Waals surface area contributed by atoms with Crippen LogP contribution >= 0.6 is 0 Å². The zero-order valence-electron chi connectivity index (χ0n) is 10.1. The largest absolute Gasteiger partial charge is 0.478 e. The Kier molecular flexibility index (Phi) is 3.52. The van der Waals surface area contributed by atoms with Crippen molar-refractivity contribution in [2.24, 2.45) is 0 Å². The van der Waals surface area contributed by atoms with Crippen LogP contribution in [0.4, 0.5) is 0 Å². The molecule has 0 heterocycles. The lowest BCUT2D eigenvalue weighted by Crippen LogP contribution is -2.41. The summed E-state index contributed by atoms with van der Waals surface area (Å²) in [5, 5.41) is 17.9. The van der Waals surface area contributed by atoms with Crippen LogP contribution in [0.3, 0.4) is 0 Å². The standard InChI is InChI=1S/C14H15NO3/c15-10-7-11-3-5-12(6-4-11)18-14(13(16)17)8-1-2-9-14/h3-6H,1-2,7-9H2,(H,16,17). The molecule has 0 amide bonds. The van der Waals surface area contributed by atoms with Crippen molar-refractivity contribution in [1.82, 2.24) is 0 Å². The van der Waals surface area contributed by atoms with Crippen LogP contribution in [0.2, 0.25) is 0 Å². The molecule has 0 spiro atoms. The summed E-state index contributed by atoms with van der Waals surface area (Å²) >= 11 is 0. The number of carbonyl (C=O) groups is 1. The normalized spacial score (nSPS) is 17.1. The first-order valence-corrected chi connectivity index (χ1v) is 6.05. The minimum atomic E-state index is -1.06. The fourth-order valence-electron chi connectivity index (χ4n) is 2.30. The summed E-state index contributed by atoms with van der Waals surface area (Å²) in [5.41, 5.74) is -0.155. The lowest BCUT2D eigenvalue weighted by Gasteiger charge is -2.25. The molecule has 0 saturated heterocycles. The monoisotopic (exact) mass is 245 g/mol. The minimum absolute atomic E-state index is 0.352. The molecule has 4 heteroatoms. The highest BCUT2D eigenvalue weighted by molar-refractivity contribution is 5.78. The van der Waals surface area contributed by atoms with E-state index in [1.807, 2.05) is 0 Å². The van der Waals surface area contributed by atoms with Crippen molar-refractivity contribution < 1.29 is 14.6 Å². The smallest absolute Gasteiger partial charge is 0.348 e. The van der Waals surface area contributed by atoms with Gasteiger partial charge in [-0.25, -0.2) is 4.79 Å². The van der Waals surface area contributed by atoms with Crippen molar-refractivity contribution in [3.05, 3.63) is 29.8 Å². The summed E-state index contributed by atoms with van der Waals surface area (Å²) in [4.78, 5) is 11.3. The molecule has 0 aromatic heterocycles. The van der Waals surface area contributed by atoms with Gasteiger partial charge in [-0.15, -0.1) is 0 Å². The second kappa shape index (κ2) is 5.09. The molecule has 0 unspecified atom stereocenters. The number of carboxylic acids is 1. The molecule has 2 rings (SSSR count). The van der Waals surface area contributed by atoms with Gasteiger partial charge in [0, 0.05) is 0 Å². The Morgan fingerprint density at radius 3 is 2.44 bits per heavy atom. The van der Waals surface area contributed by atoms with Crippen molar-refractivity contribution in [2.75, 3.05) is 0 Å². The average Bonchev–Trinajstić information content (AvgIpc) is 2.82. The van der Waals surface area contributed by atoms with Gasteiger partial charge in [-0.2, -0.15) is 5.26 Å². The summed E-state index contributed by atoms with van der Waals surface area (Å²) < 4.78 is 5.68. The maximum Gasteiger partial charge on any atom is 0.348 e. The van der Waals surface area contributed by atoms with E-state index in [2.05, 4.69) is 6.07 Å². The van der Waals surface area contributed by atoms with Gasteiger partial charge < -0.3 is 9.84 Å². The van der Waals surface area contributed by atoms with Crippen LogP contribution < -0.4 is 4.74 Å². The predicted octanol–water partition coefficient (Wildman–Crippen LogP) is 2.53. The fourth-order valence-corrected chi connectivity index (χ4v) is 2.30. The quantitative estimate of drug-likeness (QED) is 0.884. The van der Waals surface area contributed by atoms with Gasteiger partial charge in [0.15, 0.2) is 0 Å². The van der Waals surface area contributed by atoms with Crippen LogP contribution in [0.5, 0.6) is 5.75 Å². The van der Waals surface area contributed by atoms with Gasteiger partial charge in [0.1, 0.15) is 5.75 Å². The summed E-state index contributed by atoms with van der Waals surface area (Å²) in [6, 6.07) is 9.12. The fraction of sp³-hybridized carbons (Fsp3) is 0.429. The first-order valence-electron chi connectivity index (χ1n) is 6.05. The summed E-state index contributed by atoms with van der Waals surface area (Å²) in [6.45, 7) is 0. The second-order valence-electron chi connectivity index (χ2n) is 4.59. The van der Waals surface area contributed by atoms with Crippen molar-refractivity contribution in [1.29, 1.82) is 5.26 Å². The molecule has 0 atom stereocenters. The maximum atomic E-state index is 11.3. The van der Waals surface area contributed by atoms with E-state index in [1.165, 1.54) is 0 Å². The molecule has 1 N–H and O–H groups in total. The Morgan fingerprint density at radius 1 is 1.33 bits per heavy atom. The van der Waals surface area contributed by atoms with E-state index < -0.39 is 11.6 Å². The van der Waals surface area contributed by atoms with E-state index in [0.717, 1.165) is 18.4 Å². The Balaban J connectivity index is 2.13. The summed E-state index contributed by atoms with van der Waals surface area (Å²) in [7, 11) is 0. The number of nitriles is 1. The minimum Gasteiger partial charge on any atom is -0.478 e. The number of benzene rings is 1. The van der Waals surface area contributed by atoms with Gasteiger partial charge >= 0.3 is 5.97 Å². The third kappa shape index (κ3) is 2.45. The molecule has 0 radical (unpaired) electrons. The van der Waals surface area contributed by atoms with Gasteiger partial charge in [0.05, 0.1) is 12.5 Å². The molecule has 94 valence electrons. The second-order valence-corrected chi connectivity index (χ2v) is 4.59. The van der Waals surface area contributed by atoms with Crippen LogP contribution in [-0.4, -0.2) is 16.7 Å². The topological polar surface area (TPSA) is 70.3 Å². The number of hydrogen-bond donors (Lipinski definition) is 1. The maximum absolute atomic E-state index is 11.3. The SMILES string of the molecule is N#CCc1ccc(OC2(C(=O)O)CCCC2)cc1. The van der Waals surface area contributed by atoms with E-state index in [9.17, 15) is 9.90 Å². The van der Waals surface area contributed by atoms with E-state index in [-0.39, 0.29) is 0 Å². The molecule has 1 saturated carbocycles. The molecular weight excluding hydrogens is 230 g/mol. The van der Waals surface area contributed by atoms with Crippen molar-refractivity contribution in [3.8, 4) is 11.8 Å². The van der Waals surface area contributed by atoms with Gasteiger partial charge in [0.2, 0.25) is 5.60 Å². The highest BCUT2D eigenvalue weighted by atomic mass is 16.5. The molecule has 1 aliphatic rings. The molecule has 1 aliphatic carbocycles. The molecular formula is C14H15NO3. The van der Waals surface area contributed by atoms with Gasteiger partial charge in [0.25, 0.3) is 0 Å². The lowest BCUT2D eigenvalue weighted by atomic mass is 10.0. The summed E-state index contributed by atoms with van der Waals surface area (Å²) in [6.07, 6.45) is 3.24. The first-order chi connectivity index (χ1) is 8.66. The zero-order chi connectivity index (χ0) is 13.0. The van der Waals surface area contributed by atoms with Crippen LogP contribution in [-0.2, 0) is 11.2 Å². The number of hydrogen-bond acceptors (Lipinski definition) is 3. The van der Waals surface area contributed by atoms with E-state index in [4.69, 9.17) is 10.00 Å². The molecule has 4 nitrogen and oxygen atoms in total. The van der Waals surface area contributed by atoms with Crippen LogP contribution in [0, 0.1) is 11.3 Å². The Labute approximate surface area is 106 Å². The molecule has 0 bridgehead atoms. The molecule has 0 aliphatic heterocycles. The Morgan fingerprint density at radius 2 is 1.94 bits per heavy atom. The van der Waals surface area contributed by atoms with Gasteiger partial charge in [-0.05, 0) is 43.4 Å². The number of carboxylic acid groups (broad SMARTS) is 1. The number of ether oxygens (including phenoxy) is 1. The molecule has 1 aromatic carbocycles. The first kappa shape index (κ1) is 12.4.